The Kier molecular flexibility index (Phi) is 2.65. The van der Waals surface area contributed by atoms with Crippen LogP contribution in [0.5, 0.6) is 0 Å². The molecule has 0 aliphatic heterocycles. The average molecular weight is 272 g/mol. The zero-order valence-corrected chi connectivity index (χ0v) is 9.82. The maximum absolute atomic E-state index is 13.0. The van der Waals surface area contributed by atoms with Crippen molar-refractivity contribution in [3.05, 3.63) is 38.9 Å². The molecule has 0 saturated carbocycles. The van der Waals surface area contributed by atoms with E-state index in [1.54, 1.807) is 17.4 Å². The van der Waals surface area contributed by atoms with Gasteiger partial charge in [0, 0.05) is 5.56 Å². The van der Waals surface area contributed by atoms with Gasteiger partial charge in [-0.05, 0) is 35.0 Å². The van der Waals surface area contributed by atoms with Crippen molar-refractivity contribution in [2.75, 3.05) is 0 Å². The van der Waals surface area contributed by atoms with Crippen LogP contribution in [0.25, 0.3) is 11.3 Å². The zero-order chi connectivity index (χ0) is 10.1. The Bertz CT molecular complexity index is 467. The molecular formula is C10H7BrFNS. The summed E-state index contributed by atoms with van der Waals surface area (Å²) in [6.07, 6.45) is 0. The normalized spacial score (nSPS) is 10.5. The van der Waals surface area contributed by atoms with E-state index >= 15 is 0 Å². The number of nitrogens with zero attached hydrogens (tertiary/aromatic N) is 1. The number of hydrogen-bond acceptors (Lipinski definition) is 2. The van der Waals surface area contributed by atoms with E-state index in [4.69, 9.17) is 0 Å². The predicted molar refractivity (Wildman–Crippen MR) is 59.9 cm³/mol. The summed E-state index contributed by atoms with van der Waals surface area (Å²) in [5, 5.41) is 0.969. The molecule has 1 aromatic carbocycles. The largest absolute Gasteiger partial charge is 0.240 e. The van der Waals surface area contributed by atoms with Gasteiger partial charge in [-0.15, -0.1) is 11.3 Å². The van der Waals surface area contributed by atoms with Crippen LogP contribution in [0.15, 0.2) is 28.1 Å². The summed E-state index contributed by atoms with van der Waals surface area (Å²) in [5.74, 6) is -0.236. The molecule has 0 radical (unpaired) electrons. The molecule has 1 aromatic heterocycles. The Balaban J connectivity index is 2.54. The number of aromatic nitrogens is 1. The van der Waals surface area contributed by atoms with Gasteiger partial charge in [0.25, 0.3) is 0 Å². The van der Waals surface area contributed by atoms with Gasteiger partial charge in [-0.2, -0.15) is 0 Å². The lowest BCUT2D eigenvalue weighted by Gasteiger charge is -1.97. The van der Waals surface area contributed by atoms with Gasteiger partial charge < -0.3 is 0 Å². The van der Waals surface area contributed by atoms with E-state index in [1.807, 2.05) is 13.0 Å². The first kappa shape index (κ1) is 9.80. The third-order valence-corrected chi connectivity index (χ3v) is 3.41. The molecule has 2 aromatic rings. The summed E-state index contributed by atoms with van der Waals surface area (Å²) < 4.78 is 13.9. The Hall–Kier alpha value is -0.740. The van der Waals surface area contributed by atoms with Gasteiger partial charge >= 0.3 is 0 Å². The van der Waals surface area contributed by atoms with Crippen LogP contribution in [0.3, 0.4) is 0 Å². The summed E-state index contributed by atoms with van der Waals surface area (Å²) in [4.78, 5) is 4.33. The van der Waals surface area contributed by atoms with Crippen molar-refractivity contribution in [3.63, 3.8) is 0 Å². The molecule has 0 aliphatic rings. The molecule has 72 valence electrons. The summed E-state index contributed by atoms with van der Waals surface area (Å²) >= 11 is 4.96. The fraction of sp³-hybridized carbons (Fsp3) is 0.100. The molecule has 4 heteroatoms. The van der Waals surface area contributed by atoms with Crippen LogP contribution in [0, 0.1) is 12.7 Å². The Labute approximate surface area is 93.7 Å². The SMILES string of the molecule is Cc1nc(-c2cccc(F)c2)c(Br)s1. The summed E-state index contributed by atoms with van der Waals surface area (Å²) in [5.41, 5.74) is 1.62. The molecule has 0 saturated heterocycles. The highest BCUT2D eigenvalue weighted by Gasteiger charge is 2.08. The first-order valence-electron chi connectivity index (χ1n) is 4.05. The minimum absolute atomic E-state index is 0.236. The standard InChI is InChI=1S/C10H7BrFNS/c1-6-13-9(10(11)14-6)7-3-2-4-8(12)5-7/h2-5H,1H3. The lowest BCUT2D eigenvalue weighted by molar-refractivity contribution is 0.628. The van der Waals surface area contributed by atoms with E-state index in [-0.39, 0.29) is 5.82 Å². The Morgan fingerprint density at radius 1 is 1.43 bits per heavy atom. The van der Waals surface area contributed by atoms with Crippen LogP contribution in [0.1, 0.15) is 5.01 Å². The number of thiazole rings is 1. The zero-order valence-electron chi connectivity index (χ0n) is 7.42. The minimum Gasteiger partial charge on any atom is -0.240 e. The number of aryl methyl sites for hydroxylation is 1. The van der Waals surface area contributed by atoms with E-state index in [9.17, 15) is 4.39 Å². The van der Waals surface area contributed by atoms with Crippen LogP contribution in [-0.4, -0.2) is 4.98 Å². The fourth-order valence-corrected chi connectivity index (χ4v) is 2.89. The molecule has 0 N–H and O–H groups in total. The van der Waals surface area contributed by atoms with Crippen LogP contribution in [0.4, 0.5) is 4.39 Å². The van der Waals surface area contributed by atoms with Crippen molar-refractivity contribution < 1.29 is 4.39 Å². The second kappa shape index (κ2) is 3.79. The smallest absolute Gasteiger partial charge is 0.123 e. The molecule has 0 amide bonds. The number of hydrogen-bond donors (Lipinski definition) is 0. The van der Waals surface area contributed by atoms with Crippen molar-refractivity contribution in [2.24, 2.45) is 0 Å². The fourth-order valence-electron chi connectivity index (χ4n) is 1.22. The third-order valence-electron chi connectivity index (χ3n) is 1.79. The van der Waals surface area contributed by atoms with Gasteiger partial charge in [0.2, 0.25) is 0 Å². The van der Waals surface area contributed by atoms with Crippen LogP contribution >= 0.6 is 27.3 Å². The topological polar surface area (TPSA) is 12.9 Å². The van der Waals surface area contributed by atoms with Crippen LogP contribution in [-0.2, 0) is 0 Å². The van der Waals surface area contributed by atoms with Gasteiger partial charge in [0.1, 0.15) is 5.82 Å². The molecule has 0 atom stereocenters. The highest BCUT2D eigenvalue weighted by Crippen LogP contribution is 2.32. The molecule has 14 heavy (non-hydrogen) atoms. The van der Waals surface area contributed by atoms with E-state index in [1.165, 1.54) is 12.1 Å². The molecule has 1 nitrogen and oxygen atoms in total. The summed E-state index contributed by atoms with van der Waals surface area (Å²) in [7, 11) is 0. The minimum atomic E-state index is -0.236. The molecule has 0 unspecified atom stereocenters. The maximum Gasteiger partial charge on any atom is 0.123 e. The van der Waals surface area contributed by atoms with Crippen molar-refractivity contribution in [1.29, 1.82) is 0 Å². The molecule has 2 rings (SSSR count). The molecule has 0 aliphatic carbocycles. The van der Waals surface area contributed by atoms with E-state index in [0.29, 0.717) is 0 Å². The molecular weight excluding hydrogens is 265 g/mol. The van der Waals surface area contributed by atoms with E-state index < -0.39 is 0 Å². The van der Waals surface area contributed by atoms with Crippen molar-refractivity contribution in [1.82, 2.24) is 4.98 Å². The molecule has 1 heterocycles. The quantitative estimate of drug-likeness (QED) is 0.764. The third kappa shape index (κ3) is 1.86. The molecule has 0 fully saturated rings. The average Bonchev–Trinajstić information content (AvgIpc) is 2.45. The van der Waals surface area contributed by atoms with Gasteiger partial charge in [0.15, 0.2) is 0 Å². The summed E-state index contributed by atoms with van der Waals surface area (Å²) in [6.45, 7) is 1.93. The molecule has 0 bridgehead atoms. The van der Waals surface area contributed by atoms with Gasteiger partial charge in [0.05, 0.1) is 14.5 Å². The number of halogens is 2. The summed E-state index contributed by atoms with van der Waals surface area (Å²) in [6, 6.07) is 6.45. The van der Waals surface area contributed by atoms with Gasteiger partial charge in [-0.25, -0.2) is 9.37 Å². The van der Waals surface area contributed by atoms with Gasteiger partial charge in [-0.3, -0.25) is 0 Å². The predicted octanol–water partition coefficient (Wildman–Crippen LogP) is 4.02. The first-order valence-corrected chi connectivity index (χ1v) is 5.66. The van der Waals surface area contributed by atoms with Crippen LogP contribution in [0.2, 0.25) is 0 Å². The Morgan fingerprint density at radius 3 is 2.79 bits per heavy atom. The highest BCUT2D eigenvalue weighted by atomic mass is 79.9. The lowest BCUT2D eigenvalue weighted by atomic mass is 10.2. The van der Waals surface area contributed by atoms with Crippen molar-refractivity contribution in [2.45, 2.75) is 6.92 Å². The van der Waals surface area contributed by atoms with Gasteiger partial charge in [-0.1, -0.05) is 12.1 Å². The Morgan fingerprint density at radius 2 is 2.21 bits per heavy atom. The highest BCUT2D eigenvalue weighted by molar-refractivity contribution is 9.11. The maximum atomic E-state index is 13.0. The number of benzene rings is 1. The second-order valence-electron chi connectivity index (χ2n) is 2.87. The monoisotopic (exact) mass is 271 g/mol. The first-order chi connectivity index (χ1) is 6.66. The molecule has 0 spiro atoms. The lowest BCUT2D eigenvalue weighted by Crippen LogP contribution is -1.80. The van der Waals surface area contributed by atoms with Crippen molar-refractivity contribution >= 4 is 27.3 Å². The van der Waals surface area contributed by atoms with E-state index in [2.05, 4.69) is 20.9 Å². The van der Waals surface area contributed by atoms with E-state index in [0.717, 1.165) is 20.1 Å². The number of rotatable bonds is 1. The van der Waals surface area contributed by atoms with Crippen LogP contribution < -0.4 is 0 Å². The van der Waals surface area contributed by atoms with Crippen molar-refractivity contribution in [3.8, 4) is 11.3 Å². The second-order valence-corrected chi connectivity index (χ2v) is 5.39.